The van der Waals surface area contributed by atoms with Crippen molar-refractivity contribution in [2.75, 3.05) is 0 Å². The molecule has 0 N–H and O–H groups in total. The Balaban J connectivity index is 1.44. The molecule has 2 heteroatoms. The molecule has 0 aliphatic heterocycles. The van der Waals surface area contributed by atoms with Crippen LogP contribution in [0.3, 0.4) is 0 Å². The van der Waals surface area contributed by atoms with Gasteiger partial charge >= 0.3 is 0 Å². The molecule has 12 saturated carbocycles. The molecule has 12 aliphatic rings. The molecule has 12 fully saturated rings. The fourth-order valence-electron chi connectivity index (χ4n) is 15.5. The zero-order valence-corrected chi connectivity index (χ0v) is 16.0. The first-order chi connectivity index (χ1) is 11.2. The van der Waals surface area contributed by atoms with E-state index in [1.807, 2.05) is 0 Å². The van der Waals surface area contributed by atoms with Crippen molar-refractivity contribution in [3.05, 3.63) is 0 Å². The van der Waals surface area contributed by atoms with Gasteiger partial charge in [-0.25, -0.2) is 0 Å². The summed E-state index contributed by atoms with van der Waals surface area (Å²) in [5.41, 5.74) is 0. The standard InChI is InChI=1S/C21H20Br2/c22-21(23)19-15-9-3-1-2-5-7(3)13(15)17-11(5)12-6(2)8-4(1)10(9)16(19)14(8)18(12)20(17)21/h1-20H/t1?,2?,3-,4-,5-,6+,7?,8?,9-,10+,11+,12+,13?,14?,15-,16+,17+,18+,19?,20?/m1/s1. The van der Waals surface area contributed by atoms with Crippen LogP contribution < -0.4 is 0 Å². The van der Waals surface area contributed by atoms with Crippen LogP contribution in [0.5, 0.6) is 0 Å². The predicted molar refractivity (Wildman–Crippen MR) is 90.4 cm³/mol. The van der Waals surface area contributed by atoms with Crippen molar-refractivity contribution in [3.63, 3.8) is 0 Å². The summed E-state index contributed by atoms with van der Waals surface area (Å²) in [5, 5.41) is 0. The van der Waals surface area contributed by atoms with Crippen LogP contribution in [0.25, 0.3) is 0 Å². The highest BCUT2D eigenvalue weighted by molar-refractivity contribution is 9.25. The highest BCUT2D eigenvalue weighted by atomic mass is 79.9. The number of hydrogen-bond donors (Lipinski definition) is 0. The van der Waals surface area contributed by atoms with Crippen molar-refractivity contribution in [3.8, 4) is 0 Å². The largest absolute Gasteiger partial charge is 0.0872 e. The molecular weight excluding hydrogens is 412 g/mol. The Morgan fingerprint density at radius 1 is 0.304 bits per heavy atom. The van der Waals surface area contributed by atoms with Gasteiger partial charge in [-0.2, -0.15) is 0 Å². The van der Waals surface area contributed by atoms with Crippen molar-refractivity contribution in [2.45, 2.75) is 3.23 Å². The van der Waals surface area contributed by atoms with Gasteiger partial charge in [-0.05, 0) is 118 Å². The van der Waals surface area contributed by atoms with E-state index in [-0.39, 0.29) is 0 Å². The molecule has 0 spiro atoms. The summed E-state index contributed by atoms with van der Waals surface area (Å²) in [6.45, 7) is 0. The Morgan fingerprint density at radius 2 is 0.478 bits per heavy atom. The second kappa shape index (κ2) is 2.47. The van der Waals surface area contributed by atoms with E-state index in [1.165, 1.54) is 107 Å². The topological polar surface area (TPSA) is 0 Å². The van der Waals surface area contributed by atoms with Gasteiger partial charge in [0.1, 0.15) is 0 Å². The molecule has 0 radical (unpaired) electrons. The van der Waals surface area contributed by atoms with Crippen LogP contribution in [0.4, 0.5) is 0 Å². The third-order valence-electron chi connectivity index (χ3n) is 13.7. The molecule has 0 aromatic rings. The van der Waals surface area contributed by atoms with Crippen LogP contribution in [-0.4, -0.2) is 3.23 Å². The summed E-state index contributed by atoms with van der Waals surface area (Å²) < 4.78 is 0.365. The van der Waals surface area contributed by atoms with Gasteiger partial charge < -0.3 is 0 Å². The van der Waals surface area contributed by atoms with Gasteiger partial charge in [0, 0.05) is 0 Å². The normalized spacial score (nSPS) is 98.3. The highest BCUT2D eigenvalue weighted by Crippen LogP contribution is 3.01. The second-order valence-electron chi connectivity index (χ2n) is 12.1. The van der Waals surface area contributed by atoms with Gasteiger partial charge in [0.2, 0.25) is 0 Å². The molecule has 0 nitrogen and oxygen atoms in total. The lowest BCUT2D eigenvalue weighted by molar-refractivity contribution is -0.0322. The third kappa shape index (κ3) is 0.607. The minimum Gasteiger partial charge on any atom is -0.0721 e. The van der Waals surface area contributed by atoms with E-state index < -0.39 is 0 Å². The molecule has 2 bridgehead atoms. The maximum atomic E-state index is 4.43. The minimum absolute atomic E-state index is 0.365. The average Bonchev–Trinajstić information content (AvgIpc) is 3.20. The number of halogens is 2. The van der Waals surface area contributed by atoms with E-state index in [0.29, 0.717) is 3.23 Å². The average molecular weight is 432 g/mol. The van der Waals surface area contributed by atoms with Gasteiger partial charge in [0.05, 0.1) is 3.23 Å². The van der Waals surface area contributed by atoms with E-state index in [2.05, 4.69) is 31.9 Å². The van der Waals surface area contributed by atoms with Gasteiger partial charge in [-0.3, -0.25) is 0 Å². The van der Waals surface area contributed by atoms with Crippen LogP contribution in [0.1, 0.15) is 0 Å². The number of alkyl halides is 2. The summed E-state index contributed by atoms with van der Waals surface area (Å²) in [6, 6.07) is 0. The third-order valence-corrected chi connectivity index (χ3v) is 15.8. The van der Waals surface area contributed by atoms with Crippen molar-refractivity contribution < 1.29 is 0 Å². The molecule has 0 aromatic carbocycles. The van der Waals surface area contributed by atoms with E-state index in [1.54, 1.807) is 0 Å². The van der Waals surface area contributed by atoms with Crippen molar-refractivity contribution in [2.24, 2.45) is 118 Å². The Hall–Kier alpha value is 0.960. The van der Waals surface area contributed by atoms with Crippen molar-refractivity contribution >= 4 is 31.9 Å². The maximum Gasteiger partial charge on any atom is 0.0872 e. The summed E-state index contributed by atoms with van der Waals surface area (Å²) >= 11 is 8.86. The summed E-state index contributed by atoms with van der Waals surface area (Å²) in [4.78, 5) is 0. The fraction of sp³-hybridized carbons (Fsp3) is 1.00. The molecular formula is C21H20Br2. The lowest BCUT2D eigenvalue weighted by Gasteiger charge is -2.58. The van der Waals surface area contributed by atoms with E-state index in [9.17, 15) is 0 Å². The van der Waals surface area contributed by atoms with Crippen LogP contribution in [0, 0.1) is 118 Å². The Bertz CT molecular complexity index is 688. The molecule has 0 saturated heterocycles. The summed E-state index contributed by atoms with van der Waals surface area (Å²) in [6.07, 6.45) is 0. The zero-order chi connectivity index (χ0) is 14.0. The van der Waals surface area contributed by atoms with E-state index in [4.69, 9.17) is 0 Å². The number of hydrogen-bond acceptors (Lipinski definition) is 0. The molecule has 12 rings (SSSR count). The maximum absolute atomic E-state index is 4.43. The molecule has 0 aromatic heterocycles. The van der Waals surface area contributed by atoms with Gasteiger partial charge in [0.15, 0.2) is 0 Å². The van der Waals surface area contributed by atoms with E-state index in [0.717, 1.165) is 11.8 Å². The molecule has 118 valence electrons. The fourth-order valence-corrected chi connectivity index (χ4v) is 17.9. The Labute approximate surface area is 153 Å². The van der Waals surface area contributed by atoms with Crippen LogP contribution in [0.2, 0.25) is 0 Å². The lowest BCUT2D eigenvalue weighted by atomic mass is 9.54. The first kappa shape index (κ1) is 11.0. The molecule has 23 heavy (non-hydrogen) atoms. The molecule has 12 aliphatic carbocycles. The monoisotopic (exact) mass is 430 g/mol. The summed E-state index contributed by atoms with van der Waals surface area (Å²) in [5.74, 6) is 24.2. The van der Waals surface area contributed by atoms with E-state index >= 15 is 0 Å². The SMILES string of the molecule is BrC1(Br)C2[C@@H]3C4C5[C@H]6C7C8[C@@H]9C%10C([C@@H]2[C@@H]([C@@H]7%10)[C@H]63)[C@H]2C1[C@@H]4[C@H]([C@@H]58)[C@H]92. The lowest BCUT2D eigenvalue weighted by Crippen LogP contribution is -2.57. The Kier molecular flexibility index (Phi) is 1.18. The van der Waals surface area contributed by atoms with Crippen molar-refractivity contribution in [1.82, 2.24) is 0 Å². The van der Waals surface area contributed by atoms with Gasteiger partial charge in [-0.15, -0.1) is 0 Å². The highest BCUT2D eigenvalue weighted by Gasteiger charge is 2.98. The van der Waals surface area contributed by atoms with Gasteiger partial charge in [0.25, 0.3) is 0 Å². The van der Waals surface area contributed by atoms with Crippen LogP contribution in [0.15, 0.2) is 0 Å². The predicted octanol–water partition coefficient (Wildman–Crippen LogP) is 3.95. The van der Waals surface area contributed by atoms with Crippen molar-refractivity contribution in [1.29, 1.82) is 0 Å². The second-order valence-corrected chi connectivity index (χ2v) is 15.8. The summed E-state index contributed by atoms with van der Waals surface area (Å²) in [7, 11) is 0. The molecule has 20 atom stereocenters. The first-order valence-corrected chi connectivity index (χ1v) is 12.2. The molecule has 0 heterocycles. The first-order valence-electron chi connectivity index (χ1n) is 10.6. The smallest absolute Gasteiger partial charge is 0.0721 e. The zero-order valence-electron chi connectivity index (χ0n) is 12.8. The van der Waals surface area contributed by atoms with Crippen LogP contribution >= 0.6 is 31.9 Å². The minimum atomic E-state index is 0.365. The Morgan fingerprint density at radius 3 is 0.739 bits per heavy atom. The van der Waals surface area contributed by atoms with Gasteiger partial charge in [-0.1, -0.05) is 31.9 Å². The molecule has 8 unspecified atom stereocenters. The van der Waals surface area contributed by atoms with Crippen LogP contribution in [-0.2, 0) is 0 Å². The quantitative estimate of drug-likeness (QED) is 0.509. The number of rotatable bonds is 0. The molecule has 0 amide bonds.